The molecule has 18 heavy (non-hydrogen) atoms. The minimum Gasteiger partial charge on any atom is -0.480 e. The second-order valence-corrected chi connectivity index (χ2v) is 4.35. The number of hydrogen-bond donors (Lipinski definition) is 2. The van der Waals surface area contributed by atoms with Gasteiger partial charge in [0.15, 0.2) is 11.6 Å². The summed E-state index contributed by atoms with van der Waals surface area (Å²) in [6.07, 6.45) is 1.09. The Balaban J connectivity index is 0.00000162. The van der Waals surface area contributed by atoms with Crippen molar-refractivity contribution >= 4 is 18.4 Å². The van der Waals surface area contributed by atoms with Crippen LogP contribution in [0.4, 0.5) is 8.78 Å². The summed E-state index contributed by atoms with van der Waals surface area (Å²) < 4.78 is 25.7. The molecule has 1 aromatic rings. The molecular weight excluding hydrogens is 264 g/mol. The average Bonchev–Trinajstić information content (AvgIpc) is 2.72. The molecule has 6 heteroatoms. The number of halogens is 3. The number of benzene rings is 1. The highest BCUT2D eigenvalue weighted by Crippen LogP contribution is 2.20. The lowest BCUT2D eigenvalue weighted by Crippen LogP contribution is -2.29. The molecule has 0 aromatic heterocycles. The summed E-state index contributed by atoms with van der Waals surface area (Å²) in [7, 11) is 0. The molecule has 1 heterocycles. The Kier molecular flexibility index (Phi) is 5.04. The maximum absolute atomic E-state index is 13.0. The van der Waals surface area contributed by atoms with E-state index in [1.807, 2.05) is 0 Å². The van der Waals surface area contributed by atoms with Crippen LogP contribution in [0.1, 0.15) is 12.0 Å². The first-order valence-corrected chi connectivity index (χ1v) is 5.46. The van der Waals surface area contributed by atoms with Gasteiger partial charge in [-0.15, -0.1) is 12.4 Å². The van der Waals surface area contributed by atoms with Crippen LogP contribution >= 0.6 is 12.4 Å². The third kappa shape index (κ3) is 3.40. The minimum atomic E-state index is -0.863. The molecule has 0 amide bonds. The third-order valence-corrected chi connectivity index (χ3v) is 3.03. The molecule has 2 unspecified atom stereocenters. The molecular formula is C12H14ClF2NO2. The van der Waals surface area contributed by atoms with E-state index in [1.54, 1.807) is 0 Å². The standard InChI is InChI=1S/C12H13F2NO2.ClH/c13-9-2-1-7(4-10(9)14)3-8-5-11(12(16)17)15-6-8;/h1-2,4,8,11,15H,3,5-6H2,(H,16,17);1H. The smallest absolute Gasteiger partial charge is 0.320 e. The molecule has 1 saturated heterocycles. The summed E-state index contributed by atoms with van der Waals surface area (Å²) in [5.74, 6) is -2.43. The van der Waals surface area contributed by atoms with Crippen molar-refractivity contribution in [1.29, 1.82) is 0 Å². The fourth-order valence-corrected chi connectivity index (χ4v) is 2.15. The van der Waals surface area contributed by atoms with Crippen molar-refractivity contribution < 1.29 is 18.7 Å². The Morgan fingerprint density at radius 3 is 2.67 bits per heavy atom. The zero-order valence-electron chi connectivity index (χ0n) is 9.53. The molecule has 0 radical (unpaired) electrons. The number of carbonyl (C=O) groups is 1. The molecule has 2 N–H and O–H groups in total. The van der Waals surface area contributed by atoms with Crippen LogP contribution in [0.3, 0.4) is 0 Å². The zero-order valence-corrected chi connectivity index (χ0v) is 10.3. The molecule has 1 aliphatic rings. The molecule has 1 aliphatic heterocycles. The average molecular weight is 278 g/mol. The second kappa shape index (κ2) is 6.11. The quantitative estimate of drug-likeness (QED) is 0.888. The van der Waals surface area contributed by atoms with E-state index in [4.69, 9.17) is 5.11 Å². The number of rotatable bonds is 3. The van der Waals surface area contributed by atoms with Crippen LogP contribution in [-0.2, 0) is 11.2 Å². The van der Waals surface area contributed by atoms with Gasteiger partial charge in [0, 0.05) is 0 Å². The van der Waals surface area contributed by atoms with Crippen LogP contribution in [0.15, 0.2) is 18.2 Å². The van der Waals surface area contributed by atoms with Gasteiger partial charge in [0.25, 0.3) is 0 Å². The Bertz CT molecular complexity index is 442. The van der Waals surface area contributed by atoms with Gasteiger partial charge < -0.3 is 10.4 Å². The monoisotopic (exact) mass is 277 g/mol. The number of carboxylic acids is 1. The highest BCUT2D eigenvalue weighted by atomic mass is 35.5. The first-order valence-electron chi connectivity index (χ1n) is 5.46. The van der Waals surface area contributed by atoms with Gasteiger partial charge in [-0.25, -0.2) is 8.78 Å². The largest absolute Gasteiger partial charge is 0.480 e. The van der Waals surface area contributed by atoms with Crippen molar-refractivity contribution in [3.8, 4) is 0 Å². The van der Waals surface area contributed by atoms with E-state index in [0.717, 1.165) is 6.07 Å². The summed E-state index contributed by atoms with van der Waals surface area (Å²) in [5, 5.41) is 11.7. The number of nitrogens with one attached hydrogen (secondary N) is 1. The normalized spacial score (nSPS) is 22.6. The molecule has 2 rings (SSSR count). The van der Waals surface area contributed by atoms with Crippen LogP contribution in [0, 0.1) is 17.6 Å². The molecule has 1 aromatic carbocycles. The Morgan fingerprint density at radius 1 is 1.39 bits per heavy atom. The van der Waals surface area contributed by atoms with Crippen LogP contribution in [0.5, 0.6) is 0 Å². The van der Waals surface area contributed by atoms with Gasteiger partial charge in [-0.05, 0) is 43.0 Å². The van der Waals surface area contributed by atoms with Crippen molar-refractivity contribution in [2.24, 2.45) is 5.92 Å². The maximum atomic E-state index is 13.0. The van der Waals surface area contributed by atoms with Crippen molar-refractivity contribution in [2.45, 2.75) is 18.9 Å². The number of carboxylic acid groups (broad SMARTS) is 1. The van der Waals surface area contributed by atoms with Gasteiger partial charge >= 0.3 is 5.97 Å². The summed E-state index contributed by atoms with van der Waals surface area (Å²) >= 11 is 0. The van der Waals surface area contributed by atoms with E-state index in [1.165, 1.54) is 12.1 Å². The Hall–Kier alpha value is -1.20. The van der Waals surface area contributed by atoms with Crippen molar-refractivity contribution in [2.75, 3.05) is 6.54 Å². The van der Waals surface area contributed by atoms with Gasteiger partial charge in [-0.2, -0.15) is 0 Å². The lowest BCUT2D eigenvalue weighted by atomic mass is 9.96. The van der Waals surface area contributed by atoms with Gasteiger partial charge in [0.2, 0.25) is 0 Å². The molecule has 0 bridgehead atoms. The summed E-state index contributed by atoms with van der Waals surface area (Å²) in [6.45, 7) is 0.593. The summed E-state index contributed by atoms with van der Waals surface area (Å²) in [5.41, 5.74) is 0.696. The second-order valence-electron chi connectivity index (χ2n) is 4.35. The maximum Gasteiger partial charge on any atom is 0.320 e. The molecule has 1 fully saturated rings. The fourth-order valence-electron chi connectivity index (χ4n) is 2.15. The number of aliphatic carboxylic acids is 1. The predicted molar refractivity (Wildman–Crippen MR) is 64.8 cm³/mol. The highest BCUT2D eigenvalue weighted by molar-refractivity contribution is 5.85. The predicted octanol–water partition coefficient (Wildman–Crippen LogP) is 1.99. The topological polar surface area (TPSA) is 49.3 Å². The molecule has 0 spiro atoms. The Labute approximate surface area is 110 Å². The molecule has 0 saturated carbocycles. The molecule has 3 nitrogen and oxygen atoms in total. The highest BCUT2D eigenvalue weighted by Gasteiger charge is 2.29. The number of hydrogen-bond acceptors (Lipinski definition) is 2. The van der Waals surface area contributed by atoms with E-state index in [9.17, 15) is 13.6 Å². The van der Waals surface area contributed by atoms with E-state index in [0.29, 0.717) is 24.9 Å². The summed E-state index contributed by atoms with van der Waals surface area (Å²) in [6, 6.07) is 3.28. The van der Waals surface area contributed by atoms with Crippen LogP contribution in [0.25, 0.3) is 0 Å². The SMILES string of the molecule is Cl.O=C(O)C1CC(Cc2ccc(F)c(F)c2)CN1. The molecule has 0 aliphatic carbocycles. The third-order valence-electron chi connectivity index (χ3n) is 3.03. The van der Waals surface area contributed by atoms with Crippen molar-refractivity contribution in [3.63, 3.8) is 0 Å². The van der Waals surface area contributed by atoms with E-state index >= 15 is 0 Å². The first-order chi connectivity index (χ1) is 8.06. The molecule has 2 atom stereocenters. The van der Waals surface area contributed by atoms with Crippen LogP contribution in [0.2, 0.25) is 0 Å². The van der Waals surface area contributed by atoms with Gasteiger partial charge in [-0.3, -0.25) is 4.79 Å². The van der Waals surface area contributed by atoms with Crippen molar-refractivity contribution in [1.82, 2.24) is 5.32 Å². The van der Waals surface area contributed by atoms with E-state index in [-0.39, 0.29) is 18.3 Å². The first kappa shape index (κ1) is 14.9. The van der Waals surface area contributed by atoms with Crippen molar-refractivity contribution in [3.05, 3.63) is 35.4 Å². The fraction of sp³-hybridized carbons (Fsp3) is 0.417. The zero-order chi connectivity index (χ0) is 12.4. The van der Waals surface area contributed by atoms with Gasteiger partial charge in [0.05, 0.1) is 0 Å². The van der Waals surface area contributed by atoms with Gasteiger partial charge in [0.1, 0.15) is 6.04 Å². The molecule has 100 valence electrons. The van der Waals surface area contributed by atoms with E-state index < -0.39 is 23.6 Å². The Morgan fingerprint density at radius 2 is 2.11 bits per heavy atom. The van der Waals surface area contributed by atoms with E-state index in [2.05, 4.69) is 5.32 Å². The lowest BCUT2D eigenvalue weighted by molar-refractivity contribution is -0.139. The van der Waals surface area contributed by atoms with Crippen LogP contribution in [-0.4, -0.2) is 23.7 Å². The van der Waals surface area contributed by atoms with Gasteiger partial charge in [-0.1, -0.05) is 6.07 Å². The van der Waals surface area contributed by atoms with Crippen LogP contribution < -0.4 is 5.32 Å². The lowest BCUT2D eigenvalue weighted by Gasteiger charge is -2.08. The summed E-state index contributed by atoms with van der Waals surface area (Å²) in [4.78, 5) is 10.7. The minimum absolute atomic E-state index is 0.